The number of halogens is 3. The van der Waals surface area contributed by atoms with Crippen LogP contribution in [0.25, 0.3) is 0 Å². The van der Waals surface area contributed by atoms with Gasteiger partial charge in [-0.25, -0.2) is 8.78 Å². The number of guanidine groups is 1. The summed E-state index contributed by atoms with van der Waals surface area (Å²) in [4.78, 5) is 4.28. The van der Waals surface area contributed by atoms with Gasteiger partial charge in [0.1, 0.15) is 11.6 Å². The zero-order chi connectivity index (χ0) is 13.5. The summed E-state index contributed by atoms with van der Waals surface area (Å²) < 4.78 is 26.4. The first-order valence-corrected chi connectivity index (χ1v) is 6.61. The first kappa shape index (κ1) is 15.5. The van der Waals surface area contributed by atoms with Crippen molar-refractivity contribution in [2.75, 3.05) is 11.9 Å². The number of nitrogens with one attached hydrogen (secondary N) is 1. The average molecular weight is 393 g/mol. The average Bonchev–Trinajstić information content (AvgIpc) is 3.24. The van der Waals surface area contributed by atoms with Gasteiger partial charge in [0.2, 0.25) is 0 Å². The second-order valence-electron chi connectivity index (χ2n) is 5.59. The zero-order valence-corrected chi connectivity index (χ0v) is 13.4. The molecule has 1 aromatic rings. The maximum Gasteiger partial charge on any atom is 0.193 e. The Kier molecular flexibility index (Phi) is 4.51. The van der Waals surface area contributed by atoms with E-state index < -0.39 is 11.6 Å². The van der Waals surface area contributed by atoms with Crippen LogP contribution in [0.15, 0.2) is 23.2 Å². The Labute approximate surface area is 134 Å². The van der Waals surface area contributed by atoms with Gasteiger partial charge >= 0.3 is 0 Å². The lowest BCUT2D eigenvalue weighted by Crippen LogP contribution is -2.25. The van der Waals surface area contributed by atoms with Crippen LogP contribution in [0.4, 0.5) is 14.5 Å². The monoisotopic (exact) mass is 393 g/mol. The second-order valence-corrected chi connectivity index (χ2v) is 5.59. The lowest BCUT2D eigenvalue weighted by atomic mass is 10.0. The highest BCUT2D eigenvalue weighted by Crippen LogP contribution is 2.61. The molecule has 20 heavy (non-hydrogen) atoms. The van der Waals surface area contributed by atoms with Crippen LogP contribution in [-0.2, 0) is 0 Å². The Balaban J connectivity index is 0.00000147. The Morgan fingerprint density at radius 2 is 2.05 bits per heavy atom. The van der Waals surface area contributed by atoms with Crippen molar-refractivity contribution < 1.29 is 8.78 Å². The van der Waals surface area contributed by atoms with E-state index in [1.165, 1.54) is 25.7 Å². The fourth-order valence-electron chi connectivity index (χ4n) is 2.57. The summed E-state index contributed by atoms with van der Waals surface area (Å²) in [7, 11) is 0. The molecule has 0 amide bonds. The topological polar surface area (TPSA) is 50.4 Å². The van der Waals surface area contributed by atoms with E-state index in [0.29, 0.717) is 12.0 Å². The number of nitrogens with zero attached hydrogens (tertiary/aromatic N) is 1. The summed E-state index contributed by atoms with van der Waals surface area (Å²) in [5.74, 6) is -0.0948. The van der Waals surface area contributed by atoms with E-state index >= 15 is 0 Å². The van der Waals surface area contributed by atoms with Gasteiger partial charge in [-0.1, -0.05) is 0 Å². The molecular formula is C14H18F2IN3. The highest BCUT2D eigenvalue weighted by atomic mass is 127. The van der Waals surface area contributed by atoms with Gasteiger partial charge < -0.3 is 11.1 Å². The van der Waals surface area contributed by atoms with Gasteiger partial charge in [0.25, 0.3) is 0 Å². The van der Waals surface area contributed by atoms with E-state index in [2.05, 4.69) is 10.3 Å². The number of hydrogen-bond donors (Lipinski definition) is 2. The molecule has 2 fully saturated rings. The van der Waals surface area contributed by atoms with Crippen LogP contribution < -0.4 is 11.1 Å². The molecule has 3 N–H and O–H groups in total. The summed E-state index contributed by atoms with van der Waals surface area (Å²) in [5.41, 5.74) is 6.11. The molecule has 1 aromatic carbocycles. The lowest BCUT2D eigenvalue weighted by Gasteiger charge is -2.12. The highest BCUT2D eigenvalue weighted by Gasteiger charge is 2.53. The normalized spacial score (nSPS) is 20.2. The third-order valence-corrected chi connectivity index (χ3v) is 4.09. The number of benzene rings is 1. The fourth-order valence-corrected chi connectivity index (χ4v) is 2.57. The Bertz CT molecular complexity index is 525. The van der Waals surface area contributed by atoms with E-state index in [1.54, 1.807) is 0 Å². The van der Waals surface area contributed by atoms with E-state index in [1.807, 2.05) is 0 Å². The predicted molar refractivity (Wildman–Crippen MR) is 86.3 cm³/mol. The van der Waals surface area contributed by atoms with Crippen LogP contribution in [0, 0.1) is 23.0 Å². The Morgan fingerprint density at radius 1 is 1.35 bits per heavy atom. The van der Waals surface area contributed by atoms with Crippen molar-refractivity contribution in [1.29, 1.82) is 0 Å². The molecule has 3 nitrogen and oxygen atoms in total. The van der Waals surface area contributed by atoms with Crippen LogP contribution in [0.3, 0.4) is 0 Å². The van der Waals surface area contributed by atoms with Crippen LogP contribution >= 0.6 is 24.0 Å². The number of rotatable bonds is 4. The van der Waals surface area contributed by atoms with Crippen molar-refractivity contribution in [3.05, 3.63) is 29.8 Å². The molecule has 0 heterocycles. The quantitative estimate of drug-likeness (QED) is 0.468. The number of nitrogens with two attached hydrogens (primary N) is 1. The van der Waals surface area contributed by atoms with Crippen molar-refractivity contribution in [3.63, 3.8) is 0 Å². The van der Waals surface area contributed by atoms with Crippen molar-refractivity contribution in [1.82, 2.24) is 0 Å². The first-order valence-electron chi connectivity index (χ1n) is 6.61. The predicted octanol–water partition coefficient (Wildman–Crippen LogP) is 3.50. The standard InChI is InChI=1S/C14H17F2N3.HI/c15-10-3-4-11(16)12(7-10)19-13(17)18-8-14(5-6-14)9-1-2-9;/h3-4,7,9H,1-2,5-6,8H2,(H3,17,18,19);1H. The molecule has 0 saturated heterocycles. The summed E-state index contributed by atoms with van der Waals surface area (Å²) in [6.07, 6.45) is 5.01. The van der Waals surface area contributed by atoms with Gasteiger partial charge in [-0.3, -0.25) is 4.99 Å². The fraction of sp³-hybridized carbons (Fsp3) is 0.500. The first-order chi connectivity index (χ1) is 9.09. The van der Waals surface area contributed by atoms with Gasteiger partial charge in [0, 0.05) is 12.6 Å². The summed E-state index contributed by atoms with van der Waals surface area (Å²) in [6.45, 7) is 0.688. The van der Waals surface area contributed by atoms with E-state index in [4.69, 9.17) is 5.73 Å². The number of hydrogen-bond acceptors (Lipinski definition) is 1. The minimum Gasteiger partial charge on any atom is -0.370 e. The molecule has 6 heteroatoms. The summed E-state index contributed by atoms with van der Waals surface area (Å²) >= 11 is 0. The van der Waals surface area contributed by atoms with Crippen LogP contribution in [0.5, 0.6) is 0 Å². The maximum atomic E-state index is 13.4. The maximum absolute atomic E-state index is 13.4. The van der Waals surface area contributed by atoms with Crippen molar-refractivity contribution in [2.45, 2.75) is 25.7 Å². The van der Waals surface area contributed by atoms with Crippen molar-refractivity contribution in [2.24, 2.45) is 22.1 Å². The second kappa shape index (κ2) is 5.83. The molecular weight excluding hydrogens is 375 g/mol. The van der Waals surface area contributed by atoms with Gasteiger partial charge in [0.15, 0.2) is 5.96 Å². The van der Waals surface area contributed by atoms with Crippen molar-refractivity contribution in [3.8, 4) is 0 Å². The molecule has 0 bridgehead atoms. The molecule has 0 aromatic heterocycles. The van der Waals surface area contributed by atoms with Gasteiger partial charge in [0.05, 0.1) is 5.69 Å². The number of anilines is 1. The third kappa shape index (κ3) is 3.39. The Hall–Kier alpha value is -0.920. The van der Waals surface area contributed by atoms with E-state index in [0.717, 1.165) is 24.1 Å². The third-order valence-electron chi connectivity index (χ3n) is 4.09. The molecule has 0 radical (unpaired) electrons. The molecule has 0 spiro atoms. The molecule has 2 saturated carbocycles. The smallest absolute Gasteiger partial charge is 0.193 e. The van der Waals surface area contributed by atoms with Crippen molar-refractivity contribution >= 4 is 35.6 Å². The molecule has 0 atom stereocenters. The number of aliphatic imine (C=N–C) groups is 1. The van der Waals surface area contributed by atoms with Crippen LogP contribution in [-0.4, -0.2) is 12.5 Å². The summed E-state index contributed by atoms with van der Waals surface area (Å²) in [5, 5.41) is 2.62. The summed E-state index contributed by atoms with van der Waals surface area (Å²) in [6, 6.07) is 3.21. The zero-order valence-electron chi connectivity index (χ0n) is 11.0. The van der Waals surface area contributed by atoms with Gasteiger partial charge in [-0.2, -0.15) is 0 Å². The SMILES string of the molecule is I.NC(=NCC1(C2CC2)CC1)Nc1cc(F)ccc1F. The van der Waals surface area contributed by atoms with Crippen LogP contribution in [0.1, 0.15) is 25.7 Å². The van der Waals surface area contributed by atoms with Gasteiger partial charge in [-0.15, -0.1) is 24.0 Å². The molecule has 0 aliphatic heterocycles. The molecule has 3 rings (SSSR count). The minimum atomic E-state index is -0.539. The minimum absolute atomic E-state index is 0. The largest absolute Gasteiger partial charge is 0.370 e. The molecule has 110 valence electrons. The molecule has 2 aliphatic carbocycles. The van der Waals surface area contributed by atoms with E-state index in [-0.39, 0.29) is 35.6 Å². The Morgan fingerprint density at radius 3 is 2.65 bits per heavy atom. The molecule has 2 aliphatic rings. The van der Waals surface area contributed by atoms with E-state index in [9.17, 15) is 8.78 Å². The lowest BCUT2D eigenvalue weighted by molar-refractivity contribution is 0.454. The highest BCUT2D eigenvalue weighted by molar-refractivity contribution is 14.0. The van der Waals surface area contributed by atoms with Crippen LogP contribution in [0.2, 0.25) is 0 Å². The van der Waals surface area contributed by atoms with Gasteiger partial charge in [-0.05, 0) is 49.1 Å². The molecule has 0 unspecified atom stereocenters.